The molecule has 3 heteroatoms. The predicted molar refractivity (Wildman–Crippen MR) is 73.3 cm³/mol. The summed E-state index contributed by atoms with van der Waals surface area (Å²) in [4.78, 5) is 0. The molecule has 2 aliphatic carbocycles. The molecule has 106 valence electrons. The van der Waals surface area contributed by atoms with Crippen molar-refractivity contribution in [3.63, 3.8) is 0 Å². The van der Waals surface area contributed by atoms with Crippen LogP contribution in [-0.2, 0) is 0 Å². The zero-order valence-corrected chi connectivity index (χ0v) is 12.5. The van der Waals surface area contributed by atoms with Gasteiger partial charge in [0.1, 0.15) is 0 Å². The standard InChI is InChI=1S/C15H29NO2/c1-6-14(4,18)9-16-11-10-7-8-15(5,12(11)17)13(10,2)3/h10-12,16-18H,6-9H2,1-5H3/t10-,11+,12+,14-,15-/m0/s1. The van der Waals surface area contributed by atoms with Crippen LogP contribution in [-0.4, -0.2) is 34.5 Å². The molecule has 0 aromatic carbocycles. The molecule has 5 atom stereocenters. The second-order valence-electron chi connectivity index (χ2n) is 7.49. The third-order valence-corrected chi connectivity index (χ3v) is 6.28. The van der Waals surface area contributed by atoms with Crippen molar-refractivity contribution in [1.29, 1.82) is 0 Å². The molecule has 2 saturated carbocycles. The minimum absolute atomic E-state index is 0.0212. The van der Waals surface area contributed by atoms with Crippen LogP contribution in [0.1, 0.15) is 53.9 Å². The normalized spacial score (nSPS) is 45.2. The molecule has 2 aliphatic rings. The van der Waals surface area contributed by atoms with E-state index >= 15 is 0 Å². The molecule has 0 saturated heterocycles. The van der Waals surface area contributed by atoms with Gasteiger partial charge in [-0.1, -0.05) is 27.7 Å². The lowest BCUT2D eigenvalue weighted by Gasteiger charge is -2.37. The highest BCUT2D eigenvalue weighted by molar-refractivity contribution is 5.17. The van der Waals surface area contributed by atoms with E-state index in [9.17, 15) is 10.2 Å². The first-order valence-corrected chi connectivity index (χ1v) is 7.29. The van der Waals surface area contributed by atoms with Gasteiger partial charge >= 0.3 is 0 Å². The number of rotatable bonds is 4. The Kier molecular flexibility index (Phi) is 3.33. The van der Waals surface area contributed by atoms with Crippen LogP contribution >= 0.6 is 0 Å². The molecule has 2 bridgehead atoms. The van der Waals surface area contributed by atoms with Gasteiger partial charge in [-0.25, -0.2) is 0 Å². The maximum absolute atomic E-state index is 10.6. The van der Waals surface area contributed by atoms with Gasteiger partial charge in [0.2, 0.25) is 0 Å². The highest BCUT2D eigenvalue weighted by Gasteiger charge is 2.65. The van der Waals surface area contributed by atoms with Crippen LogP contribution in [0.4, 0.5) is 0 Å². The molecular weight excluding hydrogens is 226 g/mol. The third-order valence-electron chi connectivity index (χ3n) is 6.28. The van der Waals surface area contributed by atoms with Gasteiger partial charge < -0.3 is 15.5 Å². The molecule has 0 radical (unpaired) electrons. The van der Waals surface area contributed by atoms with E-state index in [0.29, 0.717) is 12.5 Å². The minimum atomic E-state index is -0.674. The summed E-state index contributed by atoms with van der Waals surface area (Å²) in [6.07, 6.45) is 2.74. The maximum atomic E-state index is 10.6. The summed E-state index contributed by atoms with van der Waals surface area (Å²) in [5.41, 5.74) is -0.470. The van der Waals surface area contributed by atoms with E-state index in [1.54, 1.807) is 0 Å². The second kappa shape index (κ2) is 4.19. The van der Waals surface area contributed by atoms with Gasteiger partial charge in [0.25, 0.3) is 0 Å². The zero-order chi connectivity index (χ0) is 13.8. The molecule has 2 rings (SSSR count). The Morgan fingerprint density at radius 1 is 1.33 bits per heavy atom. The van der Waals surface area contributed by atoms with Crippen LogP contribution in [0.15, 0.2) is 0 Å². The molecule has 3 N–H and O–H groups in total. The van der Waals surface area contributed by atoms with Crippen LogP contribution in [0, 0.1) is 16.7 Å². The van der Waals surface area contributed by atoms with Crippen molar-refractivity contribution < 1.29 is 10.2 Å². The maximum Gasteiger partial charge on any atom is 0.0754 e. The fraction of sp³-hybridized carbons (Fsp3) is 1.00. The van der Waals surface area contributed by atoms with E-state index < -0.39 is 5.60 Å². The van der Waals surface area contributed by atoms with Crippen molar-refractivity contribution >= 4 is 0 Å². The predicted octanol–water partition coefficient (Wildman–Crippen LogP) is 1.92. The van der Waals surface area contributed by atoms with Gasteiger partial charge in [0, 0.05) is 18.0 Å². The first-order chi connectivity index (χ1) is 8.16. The first-order valence-electron chi connectivity index (χ1n) is 7.29. The highest BCUT2D eigenvalue weighted by Crippen LogP contribution is 2.65. The van der Waals surface area contributed by atoms with Gasteiger partial charge in [0.15, 0.2) is 0 Å². The van der Waals surface area contributed by atoms with Gasteiger partial charge in [-0.15, -0.1) is 0 Å². The van der Waals surface area contributed by atoms with Gasteiger partial charge in [-0.2, -0.15) is 0 Å². The molecule has 0 aromatic rings. The summed E-state index contributed by atoms with van der Waals surface area (Å²) >= 11 is 0. The molecule has 0 aromatic heterocycles. The molecular formula is C15H29NO2. The lowest BCUT2D eigenvalue weighted by atomic mass is 9.70. The van der Waals surface area contributed by atoms with E-state index in [-0.39, 0.29) is 23.0 Å². The molecule has 18 heavy (non-hydrogen) atoms. The Morgan fingerprint density at radius 2 is 1.94 bits per heavy atom. The topological polar surface area (TPSA) is 52.5 Å². The van der Waals surface area contributed by atoms with Gasteiger partial charge in [-0.05, 0) is 37.5 Å². The first kappa shape index (κ1) is 14.3. The number of hydrogen-bond donors (Lipinski definition) is 3. The lowest BCUT2D eigenvalue weighted by molar-refractivity contribution is -0.00750. The van der Waals surface area contributed by atoms with E-state index in [4.69, 9.17) is 0 Å². The minimum Gasteiger partial charge on any atom is -0.391 e. The van der Waals surface area contributed by atoms with E-state index in [0.717, 1.165) is 12.8 Å². The molecule has 0 heterocycles. The monoisotopic (exact) mass is 255 g/mol. The van der Waals surface area contributed by atoms with Gasteiger partial charge in [-0.3, -0.25) is 0 Å². The van der Waals surface area contributed by atoms with Crippen molar-refractivity contribution in [2.45, 2.75) is 71.6 Å². The summed E-state index contributed by atoms with van der Waals surface area (Å²) < 4.78 is 0. The van der Waals surface area contributed by atoms with E-state index in [2.05, 4.69) is 26.1 Å². The third kappa shape index (κ3) is 1.83. The second-order valence-corrected chi connectivity index (χ2v) is 7.49. The Bertz CT molecular complexity index is 326. The summed E-state index contributed by atoms with van der Waals surface area (Å²) in [5, 5.41) is 24.1. The number of hydrogen-bond acceptors (Lipinski definition) is 3. The Balaban J connectivity index is 2.09. The lowest BCUT2D eigenvalue weighted by Crippen LogP contribution is -2.51. The van der Waals surface area contributed by atoms with Crippen LogP contribution in [0.3, 0.4) is 0 Å². The fourth-order valence-corrected chi connectivity index (χ4v) is 4.05. The largest absolute Gasteiger partial charge is 0.391 e. The van der Waals surface area contributed by atoms with Crippen LogP contribution < -0.4 is 5.32 Å². The Morgan fingerprint density at radius 3 is 2.39 bits per heavy atom. The smallest absolute Gasteiger partial charge is 0.0754 e. The Labute approximate surface area is 111 Å². The van der Waals surface area contributed by atoms with Crippen LogP contribution in [0.25, 0.3) is 0 Å². The molecule has 0 unspecified atom stereocenters. The van der Waals surface area contributed by atoms with Crippen molar-refractivity contribution in [1.82, 2.24) is 5.32 Å². The highest BCUT2D eigenvalue weighted by atomic mass is 16.3. The van der Waals surface area contributed by atoms with E-state index in [1.807, 2.05) is 13.8 Å². The van der Waals surface area contributed by atoms with Crippen LogP contribution in [0.2, 0.25) is 0 Å². The summed E-state index contributed by atoms with van der Waals surface area (Å²) in [6, 6.07) is 0.136. The quantitative estimate of drug-likeness (QED) is 0.719. The fourth-order valence-electron chi connectivity index (χ4n) is 4.05. The van der Waals surface area contributed by atoms with Crippen molar-refractivity contribution in [2.24, 2.45) is 16.7 Å². The van der Waals surface area contributed by atoms with Crippen molar-refractivity contribution in [3.8, 4) is 0 Å². The number of nitrogens with one attached hydrogen (secondary N) is 1. The number of aliphatic hydroxyl groups excluding tert-OH is 1. The molecule has 0 amide bonds. The Hall–Kier alpha value is -0.120. The summed E-state index contributed by atoms with van der Waals surface area (Å²) in [5.74, 6) is 0.519. The van der Waals surface area contributed by atoms with Crippen molar-refractivity contribution in [3.05, 3.63) is 0 Å². The summed E-state index contributed by atoms with van der Waals surface area (Å²) in [6.45, 7) is 11.2. The molecule has 2 fully saturated rings. The number of fused-ring (bicyclic) bond motifs is 2. The van der Waals surface area contributed by atoms with E-state index in [1.165, 1.54) is 6.42 Å². The average Bonchev–Trinajstić information content (AvgIpc) is 2.59. The molecule has 0 spiro atoms. The zero-order valence-electron chi connectivity index (χ0n) is 12.5. The number of aliphatic hydroxyl groups is 2. The van der Waals surface area contributed by atoms with Crippen LogP contribution in [0.5, 0.6) is 0 Å². The average molecular weight is 255 g/mol. The summed E-state index contributed by atoms with van der Waals surface area (Å²) in [7, 11) is 0. The van der Waals surface area contributed by atoms with Gasteiger partial charge in [0.05, 0.1) is 11.7 Å². The molecule has 0 aliphatic heterocycles. The SMILES string of the molecule is CC[C@](C)(O)CN[C@H]1[C@@H](O)[C@]2(C)CC[C@@H]1C2(C)C. The van der Waals surface area contributed by atoms with Crippen molar-refractivity contribution in [2.75, 3.05) is 6.54 Å². The molecule has 3 nitrogen and oxygen atoms in total.